The number of aromatic nitrogens is 2. The summed E-state index contributed by atoms with van der Waals surface area (Å²) >= 11 is 0. The maximum atomic E-state index is 6.84. The summed E-state index contributed by atoms with van der Waals surface area (Å²) in [5, 5.41) is 6.82. The van der Waals surface area contributed by atoms with Crippen molar-refractivity contribution in [3.8, 4) is 0 Å². The maximum Gasteiger partial charge on any atom is 0.239 e. The molecule has 3 N–H and O–H groups in total. The first-order valence-corrected chi connectivity index (χ1v) is 6.10. The summed E-state index contributed by atoms with van der Waals surface area (Å²) in [6.07, 6.45) is 2.82. The predicted octanol–water partition coefficient (Wildman–Crippen LogP) is 2.20. The Morgan fingerprint density at radius 2 is 2.14 bits per heavy atom. The number of nitrogens with zero attached hydrogens (tertiary/aromatic N) is 4. The fourth-order valence-corrected chi connectivity index (χ4v) is 1.66. The van der Waals surface area contributed by atoms with Gasteiger partial charge in [0.1, 0.15) is 25.1 Å². The van der Waals surface area contributed by atoms with Crippen LogP contribution in [0, 0.1) is 6.57 Å². The van der Waals surface area contributed by atoms with Gasteiger partial charge in [0.05, 0.1) is 11.8 Å². The summed E-state index contributed by atoms with van der Waals surface area (Å²) < 4.78 is 0. The molecule has 21 heavy (non-hydrogen) atoms. The van der Waals surface area contributed by atoms with Crippen molar-refractivity contribution < 1.29 is 4.84 Å². The zero-order valence-electron chi connectivity index (χ0n) is 11.4. The molecule has 7 nitrogen and oxygen atoms in total. The van der Waals surface area contributed by atoms with Gasteiger partial charge in [0.15, 0.2) is 0 Å². The van der Waals surface area contributed by atoms with Gasteiger partial charge in [-0.25, -0.2) is 16.5 Å². The second kappa shape index (κ2) is 6.86. The van der Waals surface area contributed by atoms with Crippen LogP contribution >= 0.6 is 0 Å². The van der Waals surface area contributed by atoms with Gasteiger partial charge in [-0.2, -0.15) is 0 Å². The lowest BCUT2D eigenvalue weighted by atomic mass is 10.2. The molecule has 0 bridgehead atoms. The van der Waals surface area contributed by atoms with E-state index in [1.807, 2.05) is 24.3 Å². The Morgan fingerprint density at radius 1 is 1.38 bits per heavy atom. The van der Waals surface area contributed by atoms with Crippen molar-refractivity contribution in [2.45, 2.75) is 6.54 Å². The lowest BCUT2D eigenvalue weighted by Crippen LogP contribution is -2.05. The average molecular weight is 282 g/mol. The molecule has 0 aliphatic rings. The largest absolute Gasteiger partial charge is 0.399 e. The summed E-state index contributed by atoms with van der Waals surface area (Å²) in [5.74, 6) is 0.833. The maximum absolute atomic E-state index is 6.84. The van der Waals surface area contributed by atoms with Gasteiger partial charge in [-0.1, -0.05) is 5.16 Å². The molecule has 1 aromatic carbocycles. The van der Waals surface area contributed by atoms with E-state index in [0.717, 1.165) is 11.3 Å². The molecule has 2 aromatic rings. The molecule has 2 rings (SSSR count). The fraction of sp³-hybridized carbons (Fsp3) is 0.143. The van der Waals surface area contributed by atoms with Crippen LogP contribution in [0.5, 0.6) is 0 Å². The van der Waals surface area contributed by atoms with Gasteiger partial charge >= 0.3 is 0 Å². The third kappa shape index (κ3) is 3.67. The SMILES string of the molecule is [C-]#[N+]Cc1ccc(Nc2ncnc(N)c2C=NOC)cc1. The quantitative estimate of drug-likeness (QED) is 0.498. The first-order chi connectivity index (χ1) is 10.2. The normalized spacial score (nSPS) is 10.3. The van der Waals surface area contributed by atoms with Crippen molar-refractivity contribution in [2.24, 2.45) is 5.16 Å². The van der Waals surface area contributed by atoms with Gasteiger partial charge in [0.25, 0.3) is 0 Å². The molecule has 0 fully saturated rings. The Morgan fingerprint density at radius 3 is 2.81 bits per heavy atom. The summed E-state index contributed by atoms with van der Waals surface area (Å²) in [6.45, 7) is 7.21. The van der Waals surface area contributed by atoms with Crippen LogP contribution in [0.1, 0.15) is 11.1 Å². The van der Waals surface area contributed by atoms with Crippen LogP contribution in [0.4, 0.5) is 17.3 Å². The number of oxime groups is 1. The molecule has 0 saturated heterocycles. The zero-order valence-corrected chi connectivity index (χ0v) is 11.4. The van der Waals surface area contributed by atoms with Crippen molar-refractivity contribution in [3.63, 3.8) is 0 Å². The molecular formula is C14H14N6O. The number of anilines is 3. The first-order valence-electron chi connectivity index (χ1n) is 6.10. The molecule has 106 valence electrons. The van der Waals surface area contributed by atoms with Gasteiger partial charge in [0.2, 0.25) is 6.54 Å². The second-order valence-corrected chi connectivity index (χ2v) is 4.08. The lowest BCUT2D eigenvalue weighted by Gasteiger charge is -2.09. The Kier molecular flexibility index (Phi) is 4.66. The van der Waals surface area contributed by atoms with Crippen molar-refractivity contribution in [1.29, 1.82) is 0 Å². The highest BCUT2D eigenvalue weighted by atomic mass is 16.6. The van der Waals surface area contributed by atoms with Crippen LogP contribution in [0.3, 0.4) is 0 Å². The third-order valence-electron chi connectivity index (χ3n) is 2.68. The van der Waals surface area contributed by atoms with Crippen LogP contribution in [0.15, 0.2) is 35.7 Å². The van der Waals surface area contributed by atoms with E-state index in [4.69, 9.17) is 12.3 Å². The monoisotopic (exact) mass is 282 g/mol. The summed E-state index contributed by atoms with van der Waals surface area (Å²) in [7, 11) is 1.44. The minimum atomic E-state index is 0.304. The molecule has 0 aliphatic carbocycles. The van der Waals surface area contributed by atoms with E-state index in [1.54, 1.807) is 0 Å². The van der Waals surface area contributed by atoms with Gasteiger partial charge in [-0.3, -0.25) is 0 Å². The number of benzene rings is 1. The van der Waals surface area contributed by atoms with Gasteiger partial charge in [0, 0.05) is 11.3 Å². The van der Waals surface area contributed by atoms with Crippen LogP contribution < -0.4 is 11.1 Å². The van der Waals surface area contributed by atoms with Crippen molar-refractivity contribution in [1.82, 2.24) is 9.97 Å². The highest BCUT2D eigenvalue weighted by Gasteiger charge is 2.08. The molecule has 0 aliphatic heterocycles. The minimum Gasteiger partial charge on any atom is -0.399 e. The van der Waals surface area contributed by atoms with Crippen molar-refractivity contribution in [2.75, 3.05) is 18.2 Å². The molecular weight excluding hydrogens is 268 g/mol. The van der Waals surface area contributed by atoms with Crippen LogP contribution in [-0.2, 0) is 11.4 Å². The number of nitrogens with one attached hydrogen (secondary N) is 1. The molecule has 1 aromatic heterocycles. The summed E-state index contributed by atoms with van der Waals surface area (Å²) in [6, 6.07) is 7.51. The number of nitrogen functional groups attached to an aromatic ring is 1. The number of nitrogens with two attached hydrogens (primary N) is 1. The van der Waals surface area contributed by atoms with Crippen LogP contribution in [0.2, 0.25) is 0 Å². The highest BCUT2D eigenvalue weighted by molar-refractivity contribution is 5.92. The topological polar surface area (TPSA) is 89.8 Å². The van der Waals surface area contributed by atoms with Crippen LogP contribution in [-0.4, -0.2) is 23.3 Å². The standard InChI is InChI=1S/C14H14N6O/c1-16-7-10-3-5-11(6-4-10)20-14-12(8-19-21-2)13(15)17-9-18-14/h3-6,8-9H,7H2,2H3,(H3,15,17,18,20). The third-order valence-corrected chi connectivity index (χ3v) is 2.68. The van der Waals surface area contributed by atoms with E-state index in [1.165, 1.54) is 19.7 Å². The van der Waals surface area contributed by atoms with E-state index in [2.05, 4.69) is 30.1 Å². The second-order valence-electron chi connectivity index (χ2n) is 4.08. The average Bonchev–Trinajstić information content (AvgIpc) is 2.49. The van der Waals surface area contributed by atoms with E-state index >= 15 is 0 Å². The first kappa shape index (κ1) is 14.3. The van der Waals surface area contributed by atoms with Gasteiger partial charge < -0.3 is 20.7 Å². The van der Waals surface area contributed by atoms with E-state index in [-0.39, 0.29) is 0 Å². The van der Waals surface area contributed by atoms with Crippen LogP contribution in [0.25, 0.3) is 4.85 Å². The van der Waals surface area contributed by atoms with Crippen molar-refractivity contribution >= 4 is 23.5 Å². The van der Waals surface area contributed by atoms with Gasteiger partial charge in [-0.15, -0.1) is 0 Å². The zero-order chi connectivity index (χ0) is 15.1. The molecule has 0 radical (unpaired) electrons. The molecule has 0 unspecified atom stereocenters. The van der Waals surface area contributed by atoms with Gasteiger partial charge in [-0.05, 0) is 24.3 Å². The molecule has 0 spiro atoms. The predicted molar refractivity (Wildman–Crippen MR) is 81.1 cm³/mol. The Balaban J connectivity index is 2.25. The lowest BCUT2D eigenvalue weighted by molar-refractivity contribution is 0.215. The molecule has 0 saturated carbocycles. The van der Waals surface area contributed by atoms with Crippen molar-refractivity contribution in [3.05, 3.63) is 53.1 Å². The Bertz CT molecular complexity index is 675. The number of hydrogen-bond donors (Lipinski definition) is 2. The Labute approximate surface area is 122 Å². The molecule has 7 heteroatoms. The molecule has 1 heterocycles. The molecule has 0 amide bonds. The van der Waals surface area contributed by atoms with E-state index in [0.29, 0.717) is 23.7 Å². The van der Waals surface area contributed by atoms with E-state index < -0.39 is 0 Å². The number of rotatable bonds is 5. The highest BCUT2D eigenvalue weighted by Crippen LogP contribution is 2.20. The smallest absolute Gasteiger partial charge is 0.239 e. The summed E-state index contributed by atoms with van der Waals surface area (Å²) in [5.41, 5.74) is 8.14. The molecule has 0 atom stereocenters. The fourth-order valence-electron chi connectivity index (χ4n) is 1.66. The Hall–Kier alpha value is -3.14. The summed E-state index contributed by atoms with van der Waals surface area (Å²) in [4.78, 5) is 16.1. The van der Waals surface area contributed by atoms with E-state index in [9.17, 15) is 0 Å². The minimum absolute atomic E-state index is 0.304. The number of hydrogen-bond acceptors (Lipinski definition) is 6.